The van der Waals surface area contributed by atoms with Gasteiger partial charge in [0.2, 0.25) is 15.9 Å². The number of anilines is 1. The summed E-state index contributed by atoms with van der Waals surface area (Å²) >= 11 is 7.87. The number of amides is 1. The van der Waals surface area contributed by atoms with Gasteiger partial charge in [0.25, 0.3) is 0 Å². The van der Waals surface area contributed by atoms with Gasteiger partial charge in [0, 0.05) is 45.2 Å². The Morgan fingerprint density at radius 1 is 1.17 bits per heavy atom. The second-order valence-electron chi connectivity index (χ2n) is 7.67. The molecule has 2 fully saturated rings. The van der Waals surface area contributed by atoms with Gasteiger partial charge in [0.1, 0.15) is 11.3 Å². The standard InChI is InChI=1S/C19H25ClN4O4S2/c1-28-15-4-3-14(20)17-16(15)21-19(29-17)23-11-9-22(10-12-23)18(25)13-5-7-24(8-6-13)30(2,26)27/h3-4,13H,5-12H2,1-2H3. The molecule has 2 aromatic rings. The Labute approximate surface area is 185 Å². The molecular weight excluding hydrogens is 448 g/mol. The van der Waals surface area contributed by atoms with Crippen LogP contribution < -0.4 is 9.64 Å². The van der Waals surface area contributed by atoms with E-state index in [0.29, 0.717) is 62.9 Å². The molecule has 3 heterocycles. The smallest absolute Gasteiger partial charge is 0.225 e. The minimum atomic E-state index is -3.18. The third-order valence-electron chi connectivity index (χ3n) is 5.80. The molecule has 1 aromatic carbocycles. The SMILES string of the molecule is COc1ccc(Cl)c2sc(N3CCN(C(=O)C4CCN(S(C)(=O)=O)CC4)CC3)nc12. The number of rotatable bonds is 4. The van der Waals surface area contributed by atoms with E-state index in [1.807, 2.05) is 17.0 Å². The van der Waals surface area contributed by atoms with Gasteiger partial charge in [0.05, 0.1) is 23.1 Å². The van der Waals surface area contributed by atoms with Gasteiger partial charge in [-0.1, -0.05) is 22.9 Å². The lowest BCUT2D eigenvalue weighted by Crippen LogP contribution is -2.52. The van der Waals surface area contributed by atoms with Crippen LogP contribution >= 0.6 is 22.9 Å². The van der Waals surface area contributed by atoms with Crippen LogP contribution in [0.2, 0.25) is 5.02 Å². The molecule has 2 aliphatic rings. The highest BCUT2D eigenvalue weighted by molar-refractivity contribution is 7.88. The molecule has 2 aliphatic heterocycles. The fourth-order valence-electron chi connectivity index (χ4n) is 4.05. The molecule has 4 rings (SSSR count). The number of carbonyl (C=O) groups is 1. The maximum Gasteiger partial charge on any atom is 0.225 e. The van der Waals surface area contributed by atoms with Gasteiger partial charge in [-0.05, 0) is 25.0 Å². The third kappa shape index (κ3) is 4.23. The molecule has 1 aromatic heterocycles. The molecule has 0 radical (unpaired) electrons. The summed E-state index contributed by atoms with van der Waals surface area (Å²) in [7, 11) is -1.56. The van der Waals surface area contributed by atoms with Gasteiger partial charge in [-0.3, -0.25) is 4.79 Å². The lowest BCUT2D eigenvalue weighted by molar-refractivity contribution is -0.137. The molecule has 30 heavy (non-hydrogen) atoms. The number of thiazole rings is 1. The molecule has 0 atom stereocenters. The van der Waals surface area contributed by atoms with Gasteiger partial charge in [0.15, 0.2) is 5.13 Å². The number of piperidine rings is 1. The number of benzene rings is 1. The highest BCUT2D eigenvalue weighted by Gasteiger charge is 2.33. The number of nitrogens with zero attached hydrogens (tertiary/aromatic N) is 4. The van der Waals surface area contributed by atoms with Crippen LogP contribution in [0.25, 0.3) is 10.2 Å². The maximum absolute atomic E-state index is 12.9. The summed E-state index contributed by atoms with van der Waals surface area (Å²) in [6.07, 6.45) is 2.39. The highest BCUT2D eigenvalue weighted by atomic mass is 35.5. The van der Waals surface area contributed by atoms with Crippen molar-refractivity contribution in [3.8, 4) is 5.75 Å². The largest absolute Gasteiger partial charge is 0.494 e. The number of methoxy groups -OCH3 is 1. The lowest BCUT2D eigenvalue weighted by Gasteiger charge is -2.38. The van der Waals surface area contributed by atoms with Crippen LogP contribution in [0, 0.1) is 5.92 Å². The first-order valence-corrected chi connectivity index (χ1v) is 12.9. The minimum Gasteiger partial charge on any atom is -0.494 e. The average Bonchev–Trinajstić information content (AvgIpc) is 3.20. The monoisotopic (exact) mass is 472 g/mol. The number of sulfonamides is 1. The third-order valence-corrected chi connectivity index (χ3v) is 8.68. The Hall–Kier alpha value is -1.62. The number of halogens is 1. The van der Waals surface area contributed by atoms with E-state index in [-0.39, 0.29) is 11.8 Å². The zero-order valence-corrected chi connectivity index (χ0v) is 19.4. The molecule has 0 unspecified atom stereocenters. The van der Waals surface area contributed by atoms with E-state index in [2.05, 4.69) is 4.90 Å². The van der Waals surface area contributed by atoms with Crippen LogP contribution in [-0.4, -0.2) is 81.1 Å². The summed E-state index contributed by atoms with van der Waals surface area (Å²) in [5.74, 6) is 0.739. The molecule has 11 heteroatoms. The lowest BCUT2D eigenvalue weighted by atomic mass is 9.96. The predicted octanol–water partition coefficient (Wildman–Crippen LogP) is 2.28. The van der Waals surface area contributed by atoms with Crippen LogP contribution in [0.15, 0.2) is 12.1 Å². The number of ether oxygens (including phenoxy) is 1. The minimum absolute atomic E-state index is 0.0972. The van der Waals surface area contributed by atoms with Crippen molar-refractivity contribution in [2.75, 3.05) is 57.5 Å². The Morgan fingerprint density at radius 3 is 2.43 bits per heavy atom. The molecule has 0 saturated carbocycles. The summed E-state index contributed by atoms with van der Waals surface area (Å²) in [4.78, 5) is 21.7. The van der Waals surface area contributed by atoms with Crippen molar-refractivity contribution >= 4 is 54.2 Å². The number of hydrogen-bond acceptors (Lipinski definition) is 7. The van der Waals surface area contributed by atoms with Crippen molar-refractivity contribution in [3.63, 3.8) is 0 Å². The number of aromatic nitrogens is 1. The van der Waals surface area contributed by atoms with Gasteiger partial charge < -0.3 is 14.5 Å². The van der Waals surface area contributed by atoms with E-state index in [9.17, 15) is 13.2 Å². The quantitative estimate of drug-likeness (QED) is 0.678. The van der Waals surface area contributed by atoms with Crippen molar-refractivity contribution in [1.82, 2.24) is 14.2 Å². The zero-order chi connectivity index (χ0) is 21.5. The van der Waals surface area contributed by atoms with E-state index in [1.165, 1.54) is 21.9 Å². The number of fused-ring (bicyclic) bond motifs is 1. The molecule has 164 valence electrons. The summed E-state index contributed by atoms with van der Waals surface area (Å²) < 4.78 is 31.1. The van der Waals surface area contributed by atoms with Gasteiger partial charge >= 0.3 is 0 Å². The molecule has 2 saturated heterocycles. The zero-order valence-electron chi connectivity index (χ0n) is 17.0. The summed E-state index contributed by atoms with van der Waals surface area (Å²) in [5.41, 5.74) is 0.765. The topological polar surface area (TPSA) is 83.0 Å². The normalized spacial score (nSPS) is 19.4. The van der Waals surface area contributed by atoms with Gasteiger partial charge in [-0.15, -0.1) is 0 Å². The van der Waals surface area contributed by atoms with Crippen LogP contribution in [0.3, 0.4) is 0 Å². The maximum atomic E-state index is 12.9. The fourth-order valence-corrected chi connectivity index (χ4v) is 6.23. The Bertz CT molecular complexity index is 1040. The predicted molar refractivity (Wildman–Crippen MR) is 119 cm³/mol. The molecule has 0 aliphatic carbocycles. The molecule has 1 amide bonds. The highest BCUT2D eigenvalue weighted by Crippen LogP contribution is 2.39. The number of hydrogen-bond donors (Lipinski definition) is 0. The summed E-state index contributed by atoms with van der Waals surface area (Å²) in [5, 5.41) is 1.54. The summed E-state index contributed by atoms with van der Waals surface area (Å²) in [6.45, 7) is 3.51. The second-order valence-corrected chi connectivity index (χ2v) is 11.0. The van der Waals surface area contributed by atoms with Crippen molar-refractivity contribution in [2.45, 2.75) is 12.8 Å². The average molecular weight is 473 g/mol. The number of carbonyl (C=O) groups excluding carboxylic acids is 1. The van der Waals surface area contributed by atoms with E-state index in [0.717, 1.165) is 15.3 Å². The van der Waals surface area contributed by atoms with Crippen molar-refractivity contribution < 1.29 is 17.9 Å². The molecule has 0 bridgehead atoms. The van der Waals surface area contributed by atoms with Gasteiger partial charge in [-0.2, -0.15) is 0 Å². The fraction of sp³-hybridized carbons (Fsp3) is 0.579. The molecular formula is C19H25ClN4O4S2. The van der Waals surface area contributed by atoms with Crippen LogP contribution in [0.4, 0.5) is 5.13 Å². The van der Waals surface area contributed by atoms with Crippen LogP contribution in [0.5, 0.6) is 5.75 Å². The van der Waals surface area contributed by atoms with E-state index in [1.54, 1.807) is 7.11 Å². The van der Waals surface area contributed by atoms with Crippen molar-refractivity contribution in [1.29, 1.82) is 0 Å². The first kappa shape index (κ1) is 21.6. The number of piperazine rings is 1. The Balaban J connectivity index is 1.38. The Kier molecular flexibility index (Phi) is 6.11. The van der Waals surface area contributed by atoms with E-state index in [4.69, 9.17) is 21.3 Å². The first-order chi connectivity index (χ1) is 14.3. The van der Waals surface area contributed by atoms with Gasteiger partial charge in [-0.25, -0.2) is 17.7 Å². The van der Waals surface area contributed by atoms with Crippen molar-refractivity contribution in [3.05, 3.63) is 17.2 Å². The summed E-state index contributed by atoms with van der Waals surface area (Å²) in [6, 6.07) is 3.64. The molecule has 8 nitrogen and oxygen atoms in total. The molecule has 0 N–H and O–H groups in total. The first-order valence-electron chi connectivity index (χ1n) is 9.90. The van der Waals surface area contributed by atoms with E-state index >= 15 is 0 Å². The Morgan fingerprint density at radius 2 is 1.83 bits per heavy atom. The van der Waals surface area contributed by atoms with Crippen LogP contribution in [-0.2, 0) is 14.8 Å². The van der Waals surface area contributed by atoms with Crippen molar-refractivity contribution in [2.24, 2.45) is 5.92 Å². The molecule has 0 spiro atoms. The van der Waals surface area contributed by atoms with E-state index < -0.39 is 10.0 Å². The van der Waals surface area contributed by atoms with Crippen LogP contribution in [0.1, 0.15) is 12.8 Å². The second kappa shape index (κ2) is 8.49.